The maximum atomic E-state index is 13.2. The van der Waals surface area contributed by atoms with Gasteiger partial charge in [0.1, 0.15) is 11.0 Å². The molecular formula is C23H22ClFN2O. The summed E-state index contributed by atoms with van der Waals surface area (Å²) in [6, 6.07) is 12.5. The SMILES string of the molecule is Cc1cc(C)c2nc(Cl)c(CN(Cc3ccc(F)cc3)C(=O)C3CC3)cc2c1. The van der Waals surface area contributed by atoms with Crippen molar-refractivity contribution >= 4 is 28.4 Å². The highest BCUT2D eigenvalue weighted by molar-refractivity contribution is 6.30. The van der Waals surface area contributed by atoms with E-state index in [4.69, 9.17) is 11.6 Å². The van der Waals surface area contributed by atoms with Gasteiger partial charge in [0.2, 0.25) is 5.91 Å². The summed E-state index contributed by atoms with van der Waals surface area (Å²) < 4.78 is 13.2. The molecule has 0 saturated heterocycles. The number of hydrogen-bond donors (Lipinski definition) is 0. The number of aryl methyl sites for hydroxylation is 2. The fourth-order valence-electron chi connectivity index (χ4n) is 3.60. The highest BCUT2D eigenvalue weighted by Gasteiger charge is 2.33. The van der Waals surface area contributed by atoms with Crippen LogP contribution in [0.25, 0.3) is 10.9 Å². The number of aromatic nitrogens is 1. The molecule has 1 saturated carbocycles. The van der Waals surface area contributed by atoms with Crippen LogP contribution >= 0.6 is 11.6 Å². The molecule has 1 fully saturated rings. The van der Waals surface area contributed by atoms with Crippen molar-refractivity contribution in [2.24, 2.45) is 5.92 Å². The molecule has 1 heterocycles. The molecule has 0 radical (unpaired) electrons. The van der Waals surface area contributed by atoms with Crippen LogP contribution in [0.1, 0.15) is 35.1 Å². The first kappa shape index (κ1) is 18.9. The maximum Gasteiger partial charge on any atom is 0.226 e. The predicted octanol–water partition coefficient (Wildman–Crippen LogP) is 5.58. The van der Waals surface area contributed by atoms with Crippen LogP contribution in [0.2, 0.25) is 5.15 Å². The quantitative estimate of drug-likeness (QED) is 0.527. The van der Waals surface area contributed by atoms with Gasteiger partial charge in [-0.25, -0.2) is 9.37 Å². The topological polar surface area (TPSA) is 33.2 Å². The van der Waals surface area contributed by atoms with E-state index in [-0.39, 0.29) is 17.6 Å². The maximum absolute atomic E-state index is 13.2. The standard InChI is InChI=1S/C23H22ClFN2O/c1-14-9-15(2)21-18(10-14)11-19(22(24)26-21)13-27(23(28)17-5-6-17)12-16-3-7-20(25)8-4-16/h3-4,7-11,17H,5-6,12-13H2,1-2H3. The van der Waals surface area contributed by atoms with Gasteiger partial charge in [0, 0.05) is 30.0 Å². The molecule has 0 N–H and O–H groups in total. The lowest BCUT2D eigenvalue weighted by molar-refractivity contribution is -0.133. The van der Waals surface area contributed by atoms with Crippen LogP contribution in [0.4, 0.5) is 4.39 Å². The van der Waals surface area contributed by atoms with Gasteiger partial charge in [-0.3, -0.25) is 4.79 Å². The van der Waals surface area contributed by atoms with Crippen LogP contribution in [0.15, 0.2) is 42.5 Å². The average molecular weight is 397 g/mol. The first-order valence-electron chi connectivity index (χ1n) is 9.50. The molecule has 1 amide bonds. The molecule has 144 valence electrons. The second-order valence-electron chi connectivity index (χ2n) is 7.69. The predicted molar refractivity (Wildman–Crippen MR) is 110 cm³/mol. The van der Waals surface area contributed by atoms with Gasteiger partial charge in [-0.2, -0.15) is 0 Å². The number of carbonyl (C=O) groups excluding carboxylic acids is 1. The lowest BCUT2D eigenvalue weighted by atomic mass is 10.0. The van der Waals surface area contributed by atoms with Gasteiger partial charge in [-0.15, -0.1) is 0 Å². The van der Waals surface area contributed by atoms with Crippen LogP contribution in [-0.4, -0.2) is 15.8 Å². The normalized spacial score (nSPS) is 13.7. The second-order valence-corrected chi connectivity index (χ2v) is 8.04. The van der Waals surface area contributed by atoms with E-state index in [1.807, 2.05) is 17.9 Å². The van der Waals surface area contributed by atoms with Gasteiger partial charge in [-0.05, 0) is 62.1 Å². The van der Waals surface area contributed by atoms with Crippen LogP contribution in [0.3, 0.4) is 0 Å². The molecule has 2 aromatic carbocycles. The Kier molecular flexibility index (Phi) is 5.07. The Morgan fingerprint density at radius 3 is 2.54 bits per heavy atom. The van der Waals surface area contributed by atoms with E-state index in [2.05, 4.69) is 24.0 Å². The lowest BCUT2D eigenvalue weighted by Crippen LogP contribution is -2.31. The Morgan fingerprint density at radius 2 is 1.86 bits per heavy atom. The minimum atomic E-state index is -0.281. The lowest BCUT2D eigenvalue weighted by Gasteiger charge is -2.24. The molecule has 0 unspecified atom stereocenters. The molecule has 0 aliphatic heterocycles. The van der Waals surface area contributed by atoms with Crippen LogP contribution in [-0.2, 0) is 17.9 Å². The summed E-state index contributed by atoms with van der Waals surface area (Å²) in [7, 11) is 0. The molecular weight excluding hydrogens is 375 g/mol. The van der Waals surface area contributed by atoms with E-state index in [1.54, 1.807) is 12.1 Å². The smallest absolute Gasteiger partial charge is 0.226 e. The highest BCUT2D eigenvalue weighted by Crippen LogP contribution is 2.33. The van der Waals surface area contributed by atoms with E-state index in [1.165, 1.54) is 12.1 Å². The van der Waals surface area contributed by atoms with Crippen LogP contribution in [0, 0.1) is 25.6 Å². The molecule has 0 bridgehead atoms. The van der Waals surface area contributed by atoms with Crippen molar-refractivity contribution in [1.82, 2.24) is 9.88 Å². The van der Waals surface area contributed by atoms with Crippen molar-refractivity contribution in [3.05, 3.63) is 75.7 Å². The summed E-state index contributed by atoms with van der Waals surface area (Å²) in [5.41, 5.74) is 4.86. The van der Waals surface area contributed by atoms with Gasteiger partial charge >= 0.3 is 0 Å². The Labute approximate surface area is 169 Å². The number of nitrogens with zero attached hydrogens (tertiary/aromatic N) is 2. The largest absolute Gasteiger partial charge is 0.334 e. The molecule has 3 nitrogen and oxygen atoms in total. The molecule has 1 aliphatic rings. The Bertz CT molecular complexity index is 1040. The van der Waals surface area contributed by atoms with Gasteiger partial charge in [0.25, 0.3) is 0 Å². The zero-order valence-corrected chi connectivity index (χ0v) is 16.8. The van der Waals surface area contributed by atoms with Gasteiger partial charge in [-0.1, -0.05) is 35.4 Å². The second kappa shape index (κ2) is 7.51. The first-order chi connectivity index (χ1) is 13.4. The Morgan fingerprint density at radius 1 is 1.14 bits per heavy atom. The molecule has 0 spiro atoms. The zero-order chi connectivity index (χ0) is 19.8. The minimum Gasteiger partial charge on any atom is -0.334 e. The monoisotopic (exact) mass is 396 g/mol. The highest BCUT2D eigenvalue weighted by atomic mass is 35.5. The van der Waals surface area contributed by atoms with Gasteiger partial charge < -0.3 is 4.90 Å². The molecule has 5 heteroatoms. The summed E-state index contributed by atoms with van der Waals surface area (Å²) in [6.45, 7) is 4.90. The number of benzene rings is 2. The van der Waals surface area contributed by atoms with Crippen LogP contribution < -0.4 is 0 Å². The Balaban J connectivity index is 1.66. The Hall–Kier alpha value is -2.46. The van der Waals surface area contributed by atoms with Crippen molar-refractivity contribution < 1.29 is 9.18 Å². The summed E-state index contributed by atoms with van der Waals surface area (Å²) in [6.07, 6.45) is 1.86. The zero-order valence-electron chi connectivity index (χ0n) is 16.0. The van der Waals surface area contributed by atoms with E-state index in [0.717, 1.165) is 46.0 Å². The third-order valence-electron chi connectivity index (χ3n) is 5.17. The number of halogens is 2. The third-order valence-corrected chi connectivity index (χ3v) is 5.49. The summed E-state index contributed by atoms with van der Waals surface area (Å²) in [4.78, 5) is 19.2. The molecule has 1 aliphatic carbocycles. The number of fused-ring (bicyclic) bond motifs is 1. The van der Waals surface area contributed by atoms with Crippen molar-refractivity contribution in [2.45, 2.75) is 39.8 Å². The number of pyridine rings is 1. The van der Waals surface area contributed by atoms with E-state index < -0.39 is 0 Å². The fraction of sp³-hybridized carbons (Fsp3) is 0.304. The first-order valence-corrected chi connectivity index (χ1v) is 9.88. The third kappa shape index (κ3) is 4.02. The van der Waals surface area contributed by atoms with Gasteiger partial charge in [0.15, 0.2) is 0 Å². The summed E-state index contributed by atoms with van der Waals surface area (Å²) in [5, 5.41) is 1.45. The number of rotatable bonds is 5. The minimum absolute atomic E-state index is 0.0946. The van der Waals surface area contributed by atoms with E-state index in [9.17, 15) is 9.18 Å². The number of hydrogen-bond acceptors (Lipinski definition) is 2. The molecule has 3 aromatic rings. The molecule has 1 aromatic heterocycles. The van der Waals surface area contributed by atoms with Crippen LogP contribution in [0.5, 0.6) is 0 Å². The molecule has 4 rings (SSSR count). The van der Waals surface area contributed by atoms with Crippen molar-refractivity contribution in [2.75, 3.05) is 0 Å². The van der Waals surface area contributed by atoms with Gasteiger partial charge in [0.05, 0.1) is 5.52 Å². The van der Waals surface area contributed by atoms with E-state index in [0.29, 0.717) is 18.2 Å². The van der Waals surface area contributed by atoms with Crippen molar-refractivity contribution in [3.8, 4) is 0 Å². The van der Waals surface area contributed by atoms with E-state index >= 15 is 0 Å². The molecule has 0 atom stereocenters. The summed E-state index contributed by atoms with van der Waals surface area (Å²) in [5.74, 6) is -0.0608. The fourth-order valence-corrected chi connectivity index (χ4v) is 3.80. The van der Waals surface area contributed by atoms with Crippen molar-refractivity contribution in [1.29, 1.82) is 0 Å². The number of amides is 1. The van der Waals surface area contributed by atoms with Crippen molar-refractivity contribution in [3.63, 3.8) is 0 Å². The number of carbonyl (C=O) groups is 1. The summed E-state index contributed by atoms with van der Waals surface area (Å²) >= 11 is 6.48. The average Bonchev–Trinajstić information content (AvgIpc) is 3.49. The molecule has 28 heavy (non-hydrogen) atoms.